The van der Waals surface area contributed by atoms with Gasteiger partial charge in [-0.1, -0.05) is 41.9 Å². The molecule has 2 aromatic heterocycles. The molecule has 4 rings (SSSR count). The van der Waals surface area contributed by atoms with Crippen LogP contribution in [0.3, 0.4) is 0 Å². The predicted molar refractivity (Wildman–Crippen MR) is 105 cm³/mol. The van der Waals surface area contributed by atoms with E-state index >= 15 is 0 Å². The summed E-state index contributed by atoms with van der Waals surface area (Å²) in [5.74, 6) is 1.52. The van der Waals surface area contributed by atoms with E-state index in [1.165, 1.54) is 23.5 Å². The van der Waals surface area contributed by atoms with Gasteiger partial charge in [0.05, 0.1) is 16.8 Å². The second kappa shape index (κ2) is 7.40. The Bertz CT molecular complexity index is 1050. The summed E-state index contributed by atoms with van der Waals surface area (Å²) in [4.78, 5) is 4.76. The van der Waals surface area contributed by atoms with Crippen molar-refractivity contribution < 1.29 is 4.73 Å². The van der Waals surface area contributed by atoms with E-state index in [-0.39, 0.29) is 0 Å². The van der Waals surface area contributed by atoms with Crippen LogP contribution in [-0.4, -0.2) is 9.55 Å². The Morgan fingerprint density at radius 2 is 1.85 bits per heavy atom. The van der Waals surface area contributed by atoms with Crippen LogP contribution in [0.15, 0.2) is 78.0 Å². The van der Waals surface area contributed by atoms with E-state index in [2.05, 4.69) is 16.7 Å². The molecule has 4 nitrogen and oxygen atoms in total. The molecule has 0 saturated carbocycles. The highest BCUT2D eigenvalue weighted by atomic mass is 35.5. The molecule has 0 aliphatic heterocycles. The first-order chi connectivity index (χ1) is 12.7. The van der Waals surface area contributed by atoms with Gasteiger partial charge in [0.2, 0.25) is 0 Å². The van der Waals surface area contributed by atoms with Gasteiger partial charge in [0.15, 0.2) is 6.20 Å². The smallest absolute Gasteiger partial charge is 0.251 e. The van der Waals surface area contributed by atoms with E-state index < -0.39 is 0 Å². The van der Waals surface area contributed by atoms with Crippen LogP contribution < -0.4 is 4.73 Å². The molecule has 0 atom stereocenters. The molecule has 6 heteroatoms. The summed E-state index contributed by atoms with van der Waals surface area (Å²) < 4.78 is 3.07. The maximum absolute atomic E-state index is 11.9. The van der Waals surface area contributed by atoms with Crippen molar-refractivity contribution in [2.24, 2.45) is 0 Å². The molecule has 0 amide bonds. The van der Waals surface area contributed by atoms with Crippen LogP contribution in [0.25, 0.3) is 11.0 Å². The van der Waals surface area contributed by atoms with Crippen LogP contribution in [0, 0.1) is 5.21 Å². The maximum atomic E-state index is 11.9. The quantitative estimate of drug-likeness (QED) is 0.287. The number of thioether (sulfide) groups is 1. The molecule has 0 unspecified atom stereocenters. The predicted octanol–water partition coefficient (Wildman–Crippen LogP) is 4.66. The standard InChI is InChI=1S/C20H16ClN3OS/c21-16-9-10-18-17(12-16)22-19(14-26-20-8-4-5-11-24(20)25)23(18)13-15-6-2-1-3-7-15/h1-12H,13-14H2. The number of imidazole rings is 1. The van der Waals surface area contributed by atoms with E-state index in [4.69, 9.17) is 16.6 Å². The maximum Gasteiger partial charge on any atom is 0.251 e. The molecule has 0 N–H and O–H groups in total. The molecule has 26 heavy (non-hydrogen) atoms. The first kappa shape index (κ1) is 16.9. The van der Waals surface area contributed by atoms with E-state index in [0.717, 1.165) is 28.1 Å². The van der Waals surface area contributed by atoms with E-state index in [1.807, 2.05) is 48.5 Å². The summed E-state index contributed by atoms with van der Waals surface area (Å²) in [5.41, 5.74) is 3.11. The van der Waals surface area contributed by atoms with Crippen molar-refractivity contribution in [1.29, 1.82) is 0 Å². The van der Waals surface area contributed by atoms with Gasteiger partial charge in [-0.25, -0.2) is 4.98 Å². The number of hydrogen-bond acceptors (Lipinski definition) is 3. The topological polar surface area (TPSA) is 44.8 Å². The van der Waals surface area contributed by atoms with Crippen molar-refractivity contribution in [2.75, 3.05) is 0 Å². The fraction of sp³-hybridized carbons (Fsp3) is 0.100. The number of fused-ring (bicyclic) bond motifs is 1. The first-order valence-corrected chi connectivity index (χ1v) is 9.56. The molecule has 130 valence electrons. The lowest BCUT2D eigenvalue weighted by Gasteiger charge is -2.09. The van der Waals surface area contributed by atoms with Crippen LogP contribution in [0.1, 0.15) is 11.4 Å². The summed E-state index contributed by atoms with van der Waals surface area (Å²) in [6.07, 6.45) is 1.51. The molecule has 2 heterocycles. The van der Waals surface area contributed by atoms with Gasteiger partial charge < -0.3 is 9.77 Å². The minimum absolute atomic E-state index is 0.603. The van der Waals surface area contributed by atoms with Crippen LogP contribution in [-0.2, 0) is 12.3 Å². The number of pyridine rings is 1. The highest BCUT2D eigenvalue weighted by Gasteiger charge is 2.14. The molecule has 0 radical (unpaired) electrons. The monoisotopic (exact) mass is 381 g/mol. The van der Waals surface area contributed by atoms with Crippen LogP contribution in [0.5, 0.6) is 0 Å². The first-order valence-electron chi connectivity index (χ1n) is 8.20. The number of rotatable bonds is 5. The van der Waals surface area contributed by atoms with Gasteiger partial charge in [-0.05, 0) is 41.6 Å². The molecule has 0 spiro atoms. The summed E-state index contributed by atoms with van der Waals surface area (Å²) in [7, 11) is 0. The fourth-order valence-corrected chi connectivity index (χ4v) is 3.89. The normalized spacial score (nSPS) is 11.1. The zero-order chi connectivity index (χ0) is 17.9. The van der Waals surface area contributed by atoms with Crippen molar-refractivity contribution in [2.45, 2.75) is 17.3 Å². The molecule has 0 fully saturated rings. The Morgan fingerprint density at radius 1 is 1.04 bits per heavy atom. The van der Waals surface area contributed by atoms with Gasteiger partial charge in [0.25, 0.3) is 5.03 Å². The molecule has 2 aromatic carbocycles. The Balaban J connectivity index is 1.70. The third-order valence-corrected chi connectivity index (χ3v) is 5.36. The third-order valence-electron chi connectivity index (χ3n) is 4.11. The second-order valence-electron chi connectivity index (χ2n) is 5.89. The minimum Gasteiger partial charge on any atom is -0.618 e. The number of benzene rings is 2. The van der Waals surface area contributed by atoms with Gasteiger partial charge in [0.1, 0.15) is 5.82 Å². The lowest BCUT2D eigenvalue weighted by Crippen LogP contribution is -2.27. The summed E-state index contributed by atoms with van der Waals surface area (Å²) in [5, 5.41) is 13.2. The molecule has 0 aliphatic rings. The molecule has 0 aliphatic carbocycles. The minimum atomic E-state index is 0.603. The molecule has 0 bridgehead atoms. The van der Waals surface area contributed by atoms with Crippen molar-refractivity contribution in [3.05, 3.63) is 94.5 Å². The van der Waals surface area contributed by atoms with E-state index in [0.29, 0.717) is 15.8 Å². The second-order valence-corrected chi connectivity index (χ2v) is 7.32. The van der Waals surface area contributed by atoms with Crippen molar-refractivity contribution in [3.63, 3.8) is 0 Å². The third kappa shape index (κ3) is 3.54. The van der Waals surface area contributed by atoms with E-state index in [9.17, 15) is 5.21 Å². The van der Waals surface area contributed by atoms with Gasteiger partial charge >= 0.3 is 0 Å². The van der Waals surface area contributed by atoms with Crippen LogP contribution >= 0.6 is 23.4 Å². The SMILES string of the molecule is [O-][n+]1ccccc1SCc1nc2cc(Cl)ccc2n1Cc1ccccc1. The fourth-order valence-electron chi connectivity index (χ4n) is 2.87. The lowest BCUT2D eigenvalue weighted by atomic mass is 10.2. The highest BCUT2D eigenvalue weighted by Crippen LogP contribution is 2.26. The van der Waals surface area contributed by atoms with Gasteiger partial charge in [0, 0.05) is 23.7 Å². The van der Waals surface area contributed by atoms with Crippen LogP contribution in [0.2, 0.25) is 5.02 Å². The number of hydrogen-bond donors (Lipinski definition) is 0. The zero-order valence-corrected chi connectivity index (χ0v) is 15.5. The average Bonchev–Trinajstić information content (AvgIpc) is 2.98. The average molecular weight is 382 g/mol. The highest BCUT2D eigenvalue weighted by molar-refractivity contribution is 7.98. The van der Waals surface area contributed by atoms with Gasteiger partial charge in [-0.15, -0.1) is 0 Å². The summed E-state index contributed by atoms with van der Waals surface area (Å²) in [6, 6.07) is 21.4. The summed E-state index contributed by atoms with van der Waals surface area (Å²) >= 11 is 7.61. The van der Waals surface area contributed by atoms with Crippen molar-refractivity contribution >= 4 is 34.4 Å². The summed E-state index contributed by atoms with van der Waals surface area (Å²) in [6.45, 7) is 0.723. The van der Waals surface area contributed by atoms with Crippen molar-refractivity contribution in [3.8, 4) is 0 Å². The van der Waals surface area contributed by atoms with Gasteiger partial charge in [-0.2, -0.15) is 4.73 Å². The zero-order valence-electron chi connectivity index (χ0n) is 13.9. The molecule has 0 saturated heterocycles. The molecular formula is C20H16ClN3OS. The van der Waals surface area contributed by atoms with Crippen molar-refractivity contribution in [1.82, 2.24) is 9.55 Å². The Morgan fingerprint density at radius 3 is 2.65 bits per heavy atom. The Kier molecular flexibility index (Phi) is 4.82. The lowest BCUT2D eigenvalue weighted by molar-refractivity contribution is -0.645. The van der Waals surface area contributed by atoms with Crippen LogP contribution in [0.4, 0.5) is 0 Å². The Labute approximate surface area is 160 Å². The number of aromatic nitrogens is 3. The van der Waals surface area contributed by atoms with E-state index in [1.54, 1.807) is 6.07 Å². The Hall–Kier alpha value is -2.50. The number of halogens is 1. The molecular weight excluding hydrogens is 366 g/mol. The largest absolute Gasteiger partial charge is 0.618 e. The number of nitrogens with zero attached hydrogens (tertiary/aromatic N) is 3. The van der Waals surface area contributed by atoms with Gasteiger partial charge in [-0.3, -0.25) is 0 Å². The molecule has 4 aromatic rings.